The number of hydrogen-bond acceptors (Lipinski definition) is 3. The number of aryl methyl sites for hydroxylation is 2. The molecule has 6 nitrogen and oxygen atoms in total. The molecule has 148 valence electrons. The number of aliphatic imine (C=N–C) groups is 1. The molecular weight excluding hydrogens is 455 g/mol. The van der Waals surface area contributed by atoms with Crippen LogP contribution in [0.4, 0.5) is 0 Å². The minimum absolute atomic E-state index is 0. The van der Waals surface area contributed by atoms with Gasteiger partial charge in [-0.3, -0.25) is 9.79 Å². The third kappa shape index (κ3) is 8.47. The standard InChI is InChI=1S/C20H28N4O2.HI/c1-16-11-15-26-18(16)19(25)22-13-7-14-24-20(21-2)23-12-6-10-17-8-4-3-5-9-17;/h3-5,8-9,11,15H,6-7,10,12-14H2,1-2H3,(H,22,25)(H2,21,23,24);1H. The summed E-state index contributed by atoms with van der Waals surface area (Å²) in [7, 11) is 1.76. The summed E-state index contributed by atoms with van der Waals surface area (Å²) >= 11 is 0. The zero-order valence-electron chi connectivity index (χ0n) is 16.0. The minimum atomic E-state index is -0.170. The van der Waals surface area contributed by atoms with E-state index in [0.717, 1.165) is 43.9 Å². The van der Waals surface area contributed by atoms with Crippen molar-refractivity contribution in [2.75, 3.05) is 26.7 Å². The molecule has 0 saturated carbocycles. The third-order valence-corrected chi connectivity index (χ3v) is 4.00. The summed E-state index contributed by atoms with van der Waals surface area (Å²) in [5.41, 5.74) is 2.19. The Bertz CT molecular complexity index is 701. The first-order valence-corrected chi connectivity index (χ1v) is 9.01. The van der Waals surface area contributed by atoms with Crippen LogP contribution in [0.15, 0.2) is 52.1 Å². The third-order valence-electron chi connectivity index (χ3n) is 4.00. The maximum absolute atomic E-state index is 11.9. The fourth-order valence-electron chi connectivity index (χ4n) is 2.55. The quantitative estimate of drug-likeness (QED) is 0.221. The van der Waals surface area contributed by atoms with Gasteiger partial charge in [-0.25, -0.2) is 0 Å². The van der Waals surface area contributed by atoms with E-state index in [9.17, 15) is 4.79 Å². The van der Waals surface area contributed by atoms with E-state index in [2.05, 4.69) is 45.2 Å². The van der Waals surface area contributed by atoms with Gasteiger partial charge in [0.2, 0.25) is 0 Å². The SMILES string of the molecule is CN=C(NCCCNC(=O)c1occc1C)NCCCc1ccccc1.I. The number of carbonyl (C=O) groups excluding carboxylic acids is 1. The molecule has 0 bridgehead atoms. The molecule has 0 atom stereocenters. The Morgan fingerprint density at radius 1 is 1.00 bits per heavy atom. The van der Waals surface area contributed by atoms with Crippen molar-refractivity contribution in [3.63, 3.8) is 0 Å². The topological polar surface area (TPSA) is 78.7 Å². The molecule has 0 aliphatic rings. The first-order chi connectivity index (χ1) is 12.7. The number of halogens is 1. The van der Waals surface area contributed by atoms with Crippen molar-refractivity contribution < 1.29 is 9.21 Å². The van der Waals surface area contributed by atoms with Gasteiger partial charge in [-0.15, -0.1) is 24.0 Å². The maximum atomic E-state index is 11.9. The van der Waals surface area contributed by atoms with Crippen LogP contribution in [0, 0.1) is 6.92 Å². The van der Waals surface area contributed by atoms with E-state index in [1.807, 2.05) is 13.0 Å². The van der Waals surface area contributed by atoms with Crippen LogP contribution in [0.25, 0.3) is 0 Å². The predicted octanol–water partition coefficient (Wildman–Crippen LogP) is 3.12. The van der Waals surface area contributed by atoms with Crippen LogP contribution < -0.4 is 16.0 Å². The Balaban J connectivity index is 0.00000364. The summed E-state index contributed by atoms with van der Waals surface area (Å²) in [5.74, 6) is 0.996. The van der Waals surface area contributed by atoms with Gasteiger partial charge < -0.3 is 20.4 Å². The maximum Gasteiger partial charge on any atom is 0.287 e. The number of amides is 1. The molecule has 1 amide bonds. The van der Waals surface area contributed by atoms with Gasteiger partial charge in [0.1, 0.15) is 0 Å². The van der Waals surface area contributed by atoms with Crippen LogP contribution in [-0.4, -0.2) is 38.5 Å². The van der Waals surface area contributed by atoms with Crippen LogP contribution in [-0.2, 0) is 6.42 Å². The average molecular weight is 484 g/mol. The lowest BCUT2D eigenvalue weighted by molar-refractivity contribution is 0.0925. The van der Waals surface area contributed by atoms with Crippen molar-refractivity contribution in [1.29, 1.82) is 0 Å². The Morgan fingerprint density at radius 2 is 1.67 bits per heavy atom. The monoisotopic (exact) mass is 484 g/mol. The Hall–Kier alpha value is -2.03. The number of hydrogen-bond donors (Lipinski definition) is 3. The largest absolute Gasteiger partial charge is 0.459 e. The number of carbonyl (C=O) groups is 1. The second-order valence-electron chi connectivity index (χ2n) is 6.06. The smallest absolute Gasteiger partial charge is 0.287 e. The van der Waals surface area contributed by atoms with Gasteiger partial charge in [0.15, 0.2) is 11.7 Å². The molecule has 1 heterocycles. The first kappa shape index (κ1) is 23.0. The van der Waals surface area contributed by atoms with E-state index in [1.165, 1.54) is 11.8 Å². The highest BCUT2D eigenvalue weighted by molar-refractivity contribution is 14.0. The molecular formula is C20H29IN4O2. The highest BCUT2D eigenvalue weighted by Crippen LogP contribution is 2.07. The van der Waals surface area contributed by atoms with Gasteiger partial charge in [0, 0.05) is 32.2 Å². The van der Waals surface area contributed by atoms with Gasteiger partial charge in [-0.1, -0.05) is 30.3 Å². The Morgan fingerprint density at radius 3 is 2.30 bits per heavy atom. The molecule has 0 fully saturated rings. The molecule has 27 heavy (non-hydrogen) atoms. The van der Waals surface area contributed by atoms with Crippen LogP contribution >= 0.6 is 24.0 Å². The number of nitrogens with one attached hydrogen (secondary N) is 3. The lowest BCUT2D eigenvalue weighted by Crippen LogP contribution is -2.39. The summed E-state index contributed by atoms with van der Waals surface area (Å²) in [5, 5.41) is 9.41. The van der Waals surface area contributed by atoms with Crippen molar-refractivity contribution in [1.82, 2.24) is 16.0 Å². The van der Waals surface area contributed by atoms with E-state index >= 15 is 0 Å². The van der Waals surface area contributed by atoms with Gasteiger partial charge in [-0.05, 0) is 37.8 Å². The zero-order valence-corrected chi connectivity index (χ0v) is 18.3. The Labute approximate surface area is 178 Å². The molecule has 2 rings (SSSR count). The van der Waals surface area contributed by atoms with Gasteiger partial charge in [0.05, 0.1) is 6.26 Å². The van der Waals surface area contributed by atoms with Crippen LogP contribution in [0.3, 0.4) is 0 Å². The summed E-state index contributed by atoms with van der Waals surface area (Å²) in [4.78, 5) is 16.1. The minimum Gasteiger partial charge on any atom is -0.459 e. The molecule has 0 unspecified atom stereocenters. The molecule has 0 saturated heterocycles. The first-order valence-electron chi connectivity index (χ1n) is 9.01. The molecule has 1 aromatic heterocycles. The highest BCUT2D eigenvalue weighted by Gasteiger charge is 2.11. The van der Waals surface area contributed by atoms with Gasteiger partial charge >= 0.3 is 0 Å². The summed E-state index contributed by atoms with van der Waals surface area (Å²) < 4.78 is 5.17. The van der Waals surface area contributed by atoms with Crippen molar-refractivity contribution in [2.24, 2.45) is 4.99 Å². The van der Waals surface area contributed by atoms with Crippen molar-refractivity contribution in [3.05, 3.63) is 59.5 Å². The van der Waals surface area contributed by atoms with E-state index in [4.69, 9.17) is 4.42 Å². The molecule has 1 aromatic carbocycles. The zero-order chi connectivity index (χ0) is 18.6. The second-order valence-corrected chi connectivity index (χ2v) is 6.06. The summed E-state index contributed by atoms with van der Waals surface area (Å²) in [6.45, 7) is 4.03. The fourth-order valence-corrected chi connectivity index (χ4v) is 2.55. The molecule has 0 aliphatic heterocycles. The molecule has 3 N–H and O–H groups in total. The van der Waals surface area contributed by atoms with Crippen molar-refractivity contribution >= 4 is 35.8 Å². The lowest BCUT2D eigenvalue weighted by Gasteiger charge is -2.12. The van der Waals surface area contributed by atoms with E-state index in [0.29, 0.717) is 12.3 Å². The normalized spacial score (nSPS) is 10.8. The molecule has 0 aliphatic carbocycles. The Kier molecular flexibility index (Phi) is 11.2. The van der Waals surface area contributed by atoms with E-state index in [-0.39, 0.29) is 29.9 Å². The number of guanidine groups is 1. The van der Waals surface area contributed by atoms with Crippen molar-refractivity contribution in [3.8, 4) is 0 Å². The predicted molar refractivity (Wildman–Crippen MR) is 120 cm³/mol. The number of nitrogens with zero attached hydrogens (tertiary/aromatic N) is 1. The van der Waals surface area contributed by atoms with Gasteiger partial charge in [0.25, 0.3) is 5.91 Å². The van der Waals surface area contributed by atoms with Gasteiger partial charge in [-0.2, -0.15) is 0 Å². The van der Waals surface area contributed by atoms with Crippen LogP contribution in [0.1, 0.15) is 34.5 Å². The van der Waals surface area contributed by atoms with Crippen LogP contribution in [0.2, 0.25) is 0 Å². The van der Waals surface area contributed by atoms with E-state index < -0.39 is 0 Å². The molecule has 2 aromatic rings. The number of furan rings is 1. The highest BCUT2D eigenvalue weighted by atomic mass is 127. The number of benzene rings is 1. The van der Waals surface area contributed by atoms with Crippen LogP contribution in [0.5, 0.6) is 0 Å². The number of rotatable bonds is 9. The van der Waals surface area contributed by atoms with Crippen molar-refractivity contribution in [2.45, 2.75) is 26.2 Å². The summed E-state index contributed by atoms with van der Waals surface area (Å²) in [6.07, 6.45) is 4.42. The summed E-state index contributed by atoms with van der Waals surface area (Å²) in [6, 6.07) is 12.2. The second kappa shape index (κ2) is 13.2. The van der Waals surface area contributed by atoms with E-state index in [1.54, 1.807) is 13.1 Å². The molecule has 7 heteroatoms. The molecule has 0 spiro atoms. The average Bonchev–Trinajstić information content (AvgIpc) is 3.10. The fraction of sp³-hybridized carbons (Fsp3) is 0.400. The lowest BCUT2D eigenvalue weighted by atomic mass is 10.1. The molecule has 0 radical (unpaired) electrons.